The summed E-state index contributed by atoms with van der Waals surface area (Å²) in [5, 5.41) is 10.8. The fraction of sp³-hybridized carbons (Fsp3) is 0.200. The highest BCUT2D eigenvalue weighted by Crippen LogP contribution is 2.23. The van der Waals surface area contributed by atoms with E-state index in [2.05, 4.69) is 20.3 Å². The molecule has 0 saturated carbocycles. The lowest BCUT2D eigenvalue weighted by molar-refractivity contribution is -0.274. The van der Waals surface area contributed by atoms with Crippen molar-refractivity contribution < 1.29 is 22.6 Å². The van der Waals surface area contributed by atoms with E-state index in [0.717, 1.165) is 0 Å². The third-order valence-electron chi connectivity index (χ3n) is 2.03. The monoisotopic (exact) mass is 273 g/mol. The molecule has 0 atom stereocenters. The quantitative estimate of drug-likeness (QED) is 0.848. The minimum atomic E-state index is -4.72. The second-order valence-corrected chi connectivity index (χ2v) is 3.34. The van der Waals surface area contributed by atoms with Crippen LogP contribution < -0.4 is 4.74 Å². The molecule has 1 aromatic carbocycles. The lowest BCUT2D eigenvalue weighted by atomic mass is 10.3. The van der Waals surface area contributed by atoms with Gasteiger partial charge in [-0.05, 0) is 34.7 Å². The fourth-order valence-corrected chi connectivity index (χ4v) is 1.35. The highest BCUT2D eigenvalue weighted by atomic mass is 19.4. The van der Waals surface area contributed by atoms with Crippen LogP contribution in [0.5, 0.6) is 5.75 Å². The molecule has 0 aliphatic heterocycles. The van der Waals surface area contributed by atoms with Gasteiger partial charge in [0.1, 0.15) is 5.75 Å². The summed E-state index contributed by atoms with van der Waals surface area (Å²) in [6.45, 7) is 1.31. The SMILES string of the molecule is CO[CH]c1nnnn1-c1ccc(OC(F)(F)F)cc1. The number of hydrogen-bond donors (Lipinski definition) is 0. The number of ether oxygens (including phenoxy) is 2. The Labute approximate surface area is 105 Å². The van der Waals surface area contributed by atoms with Crippen LogP contribution in [0.4, 0.5) is 13.2 Å². The van der Waals surface area contributed by atoms with Gasteiger partial charge in [-0.15, -0.1) is 18.3 Å². The number of halogens is 3. The summed E-state index contributed by atoms with van der Waals surface area (Å²) in [7, 11) is 1.43. The molecule has 1 aromatic heterocycles. The molecule has 6 nitrogen and oxygen atoms in total. The van der Waals surface area contributed by atoms with E-state index < -0.39 is 6.36 Å². The Balaban J connectivity index is 2.20. The molecular weight excluding hydrogens is 265 g/mol. The van der Waals surface area contributed by atoms with Crippen molar-refractivity contribution in [2.24, 2.45) is 0 Å². The Kier molecular flexibility index (Phi) is 3.65. The Bertz CT molecular complexity index is 538. The fourth-order valence-electron chi connectivity index (χ4n) is 1.35. The second-order valence-electron chi connectivity index (χ2n) is 3.34. The Morgan fingerprint density at radius 3 is 2.47 bits per heavy atom. The standard InChI is InChI=1S/C10H8F3N4O2/c1-18-6-9-14-15-16-17(9)7-2-4-8(5-3-7)19-10(11,12)13/h2-6H,1H3. The van der Waals surface area contributed by atoms with Gasteiger partial charge in [-0.1, -0.05) is 0 Å². The summed E-state index contributed by atoms with van der Waals surface area (Å²) >= 11 is 0. The van der Waals surface area contributed by atoms with Crippen LogP contribution in [0.15, 0.2) is 24.3 Å². The van der Waals surface area contributed by atoms with Crippen LogP contribution in [-0.2, 0) is 4.74 Å². The van der Waals surface area contributed by atoms with E-state index >= 15 is 0 Å². The van der Waals surface area contributed by atoms with E-state index in [1.165, 1.54) is 42.7 Å². The summed E-state index contributed by atoms with van der Waals surface area (Å²) in [4.78, 5) is 0. The molecule has 101 valence electrons. The number of tetrazole rings is 1. The van der Waals surface area contributed by atoms with Gasteiger partial charge in [0.2, 0.25) is 0 Å². The number of methoxy groups -OCH3 is 1. The number of nitrogens with zero attached hydrogens (tertiary/aromatic N) is 4. The van der Waals surface area contributed by atoms with Gasteiger partial charge in [-0.25, -0.2) is 0 Å². The van der Waals surface area contributed by atoms with Crippen molar-refractivity contribution in [1.82, 2.24) is 20.2 Å². The molecule has 0 unspecified atom stereocenters. The first-order valence-electron chi connectivity index (χ1n) is 5.00. The Morgan fingerprint density at radius 2 is 1.89 bits per heavy atom. The van der Waals surface area contributed by atoms with Crippen LogP contribution in [0, 0.1) is 6.61 Å². The Hall–Kier alpha value is -2.16. The van der Waals surface area contributed by atoms with Crippen LogP contribution >= 0.6 is 0 Å². The van der Waals surface area contributed by atoms with Crippen molar-refractivity contribution in [3.05, 3.63) is 36.7 Å². The number of hydrogen-bond acceptors (Lipinski definition) is 5. The third kappa shape index (κ3) is 3.41. The van der Waals surface area contributed by atoms with E-state index in [4.69, 9.17) is 4.74 Å². The van der Waals surface area contributed by atoms with E-state index in [1.807, 2.05) is 0 Å². The van der Waals surface area contributed by atoms with E-state index in [0.29, 0.717) is 11.5 Å². The predicted octanol–water partition coefficient (Wildman–Crippen LogP) is 1.72. The van der Waals surface area contributed by atoms with Crippen molar-refractivity contribution in [2.45, 2.75) is 6.36 Å². The van der Waals surface area contributed by atoms with Crippen LogP contribution in [0.1, 0.15) is 5.82 Å². The predicted molar refractivity (Wildman–Crippen MR) is 56.2 cm³/mol. The minimum absolute atomic E-state index is 0.312. The maximum atomic E-state index is 12.0. The largest absolute Gasteiger partial charge is 0.573 e. The van der Waals surface area contributed by atoms with E-state index in [9.17, 15) is 13.2 Å². The first-order valence-corrected chi connectivity index (χ1v) is 5.00. The topological polar surface area (TPSA) is 62.1 Å². The molecule has 0 aliphatic carbocycles. The van der Waals surface area contributed by atoms with Crippen LogP contribution in [0.2, 0.25) is 0 Å². The van der Waals surface area contributed by atoms with Gasteiger partial charge in [0.25, 0.3) is 0 Å². The van der Waals surface area contributed by atoms with Gasteiger partial charge >= 0.3 is 6.36 Å². The molecule has 1 heterocycles. The average molecular weight is 273 g/mol. The summed E-state index contributed by atoms with van der Waals surface area (Å²) < 4.78 is 45.8. The normalized spacial score (nSPS) is 11.6. The maximum absolute atomic E-state index is 12.0. The van der Waals surface area contributed by atoms with Crippen molar-refractivity contribution >= 4 is 0 Å². The zero-order valence-electron chi connectivity index (χ0n) is 9.63. The van der Waals surface area contributed by atoms with Crippen LogP contribution in [-0.4, -0.2) is 33.7 Å². The number of aromatic nitrogens is 4. The highest BCUT2D eigenvalue weighted by molar-refractivity contribution is 5.37. The molecule has 19 heavy (non-hydrogen) atoms. The molecule has 1 radical (unpaired) electrons. The molecule has 0 saturated heterocycles. The average Bonchev–Trinajstić information content (AvgIpc) is 2.77. The van der Waals surface area contributed by atoms with Crippen LogP contribution in [0.25, 0.3) is 5.69 Å². The van der Waals surface area contributed by atoms with Crippen LogP contribution in [0.3, 0.4) is 0 Å². The van der Waals surface area contributed by atoms with Gasteiger partial charge in [0.15, 0.2) is 12.4 Å². The van der Waals surface area contributed by atoms with Crippen molar-refractivity contribution in [1.29, 1.82) is 0 Å². The van der Waals surface area contributed by atoms with Crippen molar-refractivity contribution in [2.75, 3.05) is 7.11 Å². The maximum Gasteiger partial charge on any atom is 0.573 e. The summed E-state index contributed by atoms with van der Waals surface area (Å²) in [5.74, 6) is -0.00594. The first-order chi connectivity index (χ1) is 8.99. The molecule has 0 fully saturated rings. The first kappa shape index (κ1) is 13.3. The third-order valence-corrected chi connectivity index (χ3v) is 2.03. The number of rotatable bonds is 4. The van der Waals surface area contributed by atoms with Crippen molar-refractivity contribution in [3.8, 4) is 11.4 Å². The molecule has 0 aliphatic rings. The van der Waals surface area contributed by atoms with E-state index in [-0.39, 0.29) is 5.75 Å². The molecule has 0 amide bonds. The number of alkyl halides is 3. The molecule has 2 rings (SSSR count). The van der Waals surface area contributed by atoms with Gasteiger partial charge < -0.3 is 9.47 Å². The molecule has 0 N–H and O–H groups in total. The van der Waals surface area contributed by atoms with Gasteiger partial charge in [0.05, 0.1) is 5.69 Å². The lowest BCUT2D eigenvalue weighted by Crippen LogP contribution is -2.17. The number of benzene rings is 1. The molecule has 2 aromatic rings. The van der Waals surface area contributed by atoms with E-state index in [1.54, 1.807) is 0 Å². The smallest absolute Gasteiger partial charge is 0.406 e. The summed E-state index contributed by atoms with van der Waals surface area (Å²) in [5.41, 5.74) is 0.475. The Morgan fingerprint density at radius 1 is 1.21 bits per heavy atom. The highest BCUT2D eigenvalue weighted by Gasteiger charge is 2.31. The molecule has 0 spiro atoms. The second kappa shape index (κ2) is 5.22. The zero-order valence-corrected chi connectivity index (χ0v) is 9.63. The molecule has 0 bridgehead atoms. The molecule has 9 heteroatoms. The van der Waals surface area contributed by atoms with Gasteiger partial charge in [-0.2, -0.15) is 4.68 Å². The minimum Gasteiger partial charge on any atom is -0.406 e. The summed E-state index contributed by atoms with van der Waals surface area (Å²) in [6, 6.07) is 5.12. The van der Waals surface area contributed by atoms with Gasteiger partial charge in [0, 0.05) is 7.11 Å². The molecular formula is C10H8F3N4O2. The zero-order chi connectivity index (χ0) is 13.9. The van der Waals surface area contributed by atoms with Crippen molar-refractivity contribution in [3.63, 3.8) is 0 Å². The summed E-state index contributed by atoms with van der Waals surface area (Å²) in [6.07, 6.45) is -4.72. The van der Waals surface area contributed by atoms with Gasteiger partial charge in [-0.3, -0.25) is 0 Å². The lowest BCUT2D eigenvalue weighted by Gasteiger charge is -2.09.